The Kier molecular flexibility index (Phi) is 7.08. The molecule has 0 spiro atoms. The molecule has 0 amide bonds. The van der Waals surface area contributed by atoms with E-state index in [0.29, 0.717) is 34.6 Å². The van der Waals surface area contributed by atoms with E-state index >= 15 is 0 Å². The zero-order valence-corrected chi connectivity index (χ0v) is 21.6. The molecule has 2 heterocycles. The number of ketones is 1. The van der Waals surface area contributed by atoms with Crippen LogP contribution in [0.15, 0.2) is 59.5 Å². The van der Waals surface area contributed by atoms with Gasteiger partial charge in [0, 0.05) is 29.8 Å². The minimum atomic E-state index is -0.276. The molecule has 1 fully saturated rings. The minimum Gasteiger partial charge on any atom is -0.454 e. The number of aromatic nitrogens is 1. The summed E-state index contributed by atoms with van der Waals surface area (Å²) in [7, 11) is 0. The monoisotopic (exact) mass is 504 g/mol. The first-order valence-electron chi connectivity index (χ1n) is 11.9. The number of benzene rings is 2. The lowest BCUT2D eigenvalue weighted by Crippen LogP contribution is -2.45. The third kappa shape index (κ3) is 5.87. The Hall–Kier alpha value is -3.40. The second-order valence-electron chi connectivity index (χ2n) is 10.5. The number of hydrogen-bond acceptors (Lipinski definition) is 5. The molecule has 1 aromatic heterocycles. The Morgan fingerprint density at radius 3 is 2.47 bits per heavy atom. The number of aromatic amines is 1. The first-order valence-corrected chi connectivity index (χ1v) is 12.3. The Balaban J connectivity index is 1.54. The molecule has 0 saturated carbocycles. The van der Waals surface area contributed by atoms with E-state index in [4.69, 9.17) is 21.1 Å². The average molecular weight is 505 g/mol. The fourth-order valence-corrected chi connectivity index (χ4v) is 5.50. The minimum absolute atomic E-state index is 0.0240. The largest absolute Gasteiger partial charge is 0.454 e. The number of pyridine rings is 1. The van der Waals surface area contributed by atoms with Gasteiger partial charge in [-0.2, -0.15) is 5.26 Å². The van der Waals surface area contributed by atoms with Crippen molar-refractivity contribution in [1.29, 1.82) is 5.26 Å². The maximum Gasteiger partial charge on any atom is 0.248 e. The Labute approximate surface area is 215 Å². The Morgan fingerprint density at radius 2 is 1.83 bits per heavy atom. The molecule has 0 aliphatic carbocycles. The molecule has 2 aromatic carbocycles. The van der Waals surface area contributed by atoms with Crippen molar-refractivity contribution < 1.29 is 14.3 Å². The highest BCUT2D eigenvalue weighted by Gasteiger charge is 2.39. The van der Waals surface area contributed by atoms with E-state index in [1.54, 1.807) is 42.5 Å². The number of halogens is 1. The zero-order chi connectivity index (χ0) is 26.1. The molecule has 7 heteroatoms. The molecular formula is C29H29ClN2O4. The van der Waals surface area contributed by atoms with E-state index in [1.807, 2.05) is 0 Å². The molecule has 0 radical (unpaired) electrons. The molecule has 1 saturated heterocycles. The van der Waals surface area contributed by atoms with Crippen LogP contribution in [0.5, 0.6) is 11.5 Å². The van der Waals surface area contributed by atoms with Gasteiger partial charge in [0.15, 0.2) is 5.78 Å². The highest BCUT2D eigenvalue weighted by atomic mass is 35.5. The third-order valence-corrected chi connectivity index (χ3v) is 6.58. The maximum atomic E-state index is 13.1. The molecule has 4 rings (SSSR count). The van der Waals surface area contributed by atoms with E-state index in [9.17, 15) is 14.9 Å². The van der Waals surface area contributed by atoms with E-state index < -0.39 is 0 Å². The zero-order valence-electron chi connectivity index (χ0n) is 20.9. The summed E-state index contributed by atoms with van der Waals surface area (Å²) in [6.07, 6.45) is 3.58. The normalized spacial score (nSPS) is 16.8. The number of carbonyl (C=O) groups excluding carboxylic acids is 1. The first kappa shape index (κ1) is 25.7. The van der Waals surface area contributed by atoms with Crippen molar-refractivity contribution in [3.63, 3.8) is 0 Å². The number of ether oxygens (including phenoxy) is 2. The summed E-state index contributed by atoms with van der Waals surface area (Å²) in [5.74, 6) is 0.886. The van der Waals surface area contributed by atoms with Gasteiger partial charge in [-0.25, -0.2) is 0 Å². The van der Waals surface area contributed by atoms with Gasteiger partial charge in [0.2, 0.25) is 5.56 Å². The second kappa shape index (κ2) is 9.93. The van der Waals surface area contributed by atoms with Gasteiger partial charge in [0.25, 0.3) is 0 Å². The number of carbonyl (C=O) groups is 1. The third-order valence-electron chi connectivity index (χ3n) is 6.29. The van der Waals surface area contributed by atoms with Crippen molar-refractivity contribution in [2.75, 3.05) is 0 Å². The van der Waals surface area contributed by atoms with Crippen LogP contribution in [0.25, 0.3) is 11.1 Å². The van der Waals surface area contributed by atoms with Crippen LogP contribution in [-0.2, 0) is 4.74 Å². The molecule has 0 unspecified atom stereocenters. The van der Waals surface area contributed by atoms with Crippen molar-refractivity contribution in [2.45, 2.75) is 58.2 Å². The summed E-state index contributed by atoms with van der Waals surface area (Å²) in [6.45, 7) is 8.26. The summed E-state index contributed by atoms with van der Waals surface area (Å²) in [4.78, 5) is 27.4. The SMILES string of the molecule is CC1(C)CC(CC(=O)c2ccc(Oc3cccc(-c4cc[nH]c(=O)c4)c3C#N)c(Cl)c2)CC(C)(C)O1. The number of nitriles is 1. The van der Waals surface area contributed by atoms with E-state index in [0.717, 1.165) is 12.8 Å². The van der Waals surface area contributed by atoms with Crippen molar-refractivity contribution in [2.24, 2.45) is 5.92 Å². The van der Waals surface area contributed by atoms with Crippen LogP contribution < -0.4 is 10.3 Å². The topological polar surface area (TPSA) is 92.2 Å². The molecule has 1 aliphatic rings. The van der Waals surface area contributed by atoms with Gasteiger partial charge in [-0.1, -0.05) is 23.7 Å². The van der Waals surface area contributed by atoms with Gasteiger partial charge in [-0.05, 0) is 82.3 Å². The van der Waals surface area contributed by atoms with Gasteiger partial charge in [-0.15, -0.1) is 0 Å². The number of rotatable bonds is 6. The molecule has 0 atom stereocenters. The summed E-state index contributed by atoms with van der Waals surface area (Å²) in [5, 5.41) is 10.1. The van der Waals surface area contributed by atoms with E-state index in [2.05, 4.69) is 38.7 Å². The number of nitrogens with one attached hydrogen (secondary N) is 1. The van der Waals surface area contributed by atoms with Crippen LogP contribution in [0, 0.1) is 17.2 Å². The van der Waals surface area contributed by atoms with E-state index in [-0.39, 0.29) is 39.0 Å². The quantitative estimate of drug-likeness (QED) is 0.368. The van der Waals surface area contributed by atoms with Crippen molar-refractivity contribution in [3.05, 3.63) is 81.2 Å². The smallest absolute Gasteiger partial charge is 0.248 e. The standard InChI is InChI=1S/C29H29ClN2O4/c1-28(2)15-18(16-29(3,4)36-28)12-24(33)20-8-9-26(23(30)13-20)35-25-7-5-6-21(22(25)17-31)19-10-11-32-27(34)14-19/h5-11,13-14,18H,12,15-16H2,1-4H3,(H,32,34). The van der Waals surface area contributed by atoms with Crippen molar-refractivity contribution in [3.8, 4) is 28.7 Å². The predicted molar refractivity (Wildman–Crippen MR) is 140 cm³/mol. The van der Waals surface area contributed by atoms with Crippen LogP contribution in [0.1, 0.15) is 62.9 Å². The molecule has 6 nitrogen and oxygen atoms in total. The van der Waals surface area contributed by atoms with Crippen molar-refractivity contribution in [1.82, 2.24) is 4.98 Å². The van der Waals surface area contributed by atoms with Gasteiger partial charge in [0.05, 0.1) is 16.2 Å². The van der Waals surface area contributed by atoms with Gasteiger partial charge < -0.3 is 14.5 Å². The fourth-order valence-electron chi connectivity index (χ4n) is 5.28. The summed E-state index contributed by atoms with van der Waals surface area (Å²) in [6, 6.07) is 15.4. The average Bonchev–Trinajstić information content (AvgIpc) is 2.78. The Morgan fingerprint density at radius 1 is 1.11 bits per heavy atom. The van der Waals surface area contributed by atoms with Gasteiger partial charge in [-0.3, -0.25) is 9.59 Å². The molecular weight excluding hydrogens is 476 g/mol. The number of nitrogens with zero attached hydrogens (tertiary/aromatic N) is 1. The number of hydrogen-bond donors (Lipinski definition) is 1. The van der Waals surface area contributed by atoms with Crippen LogP contribution in [-0.4, -0.2) is 22.0 Å². The Bertz CT molecular complexity index is 1380. The highest BCUT2D eigenvalue weighted by Crippen LogP contribution is 2.41. The molecule has 1 aliphatic heterocycles. The lowest BCUT2D eigenvalue weighted by molar-refractivity contribution is -0.171. The summed E-state index contributed by atoms with van der Waals surface area (Å²) >= 11 is 6.50. The highest BCUT2D eigenvalue weighted by molar-refractivity contribution is 6.32. The molecule has 3 aromatic rings. The van der Waals surface area contributed by atoms with E-state index in [1.165, 1.54) is 12.3 Å². The van der Waals surface area contributed by atoms with Crippen LogP contribution in [0.3, 0.4) is 0 Å². The molecule has 36 heavy (non-hydrogen) atoms. The first-order chi connectivity index (χ1) is 17.0. The lowest BCUT2D eigenvalue weighted by atomic mass is 9.78. The molecule has 186 valence electrons. The summed E-state index contributed by atoms with van der Waals surface area (Å²) in [5.41, 5.74) is 1.17. The van der Waals surface area contributed by atoms with Crippen LogP contribution in [0.2, 0.25) is 5.02 Å². The molecule has 0 bridgehead atoms. The predicted octanol–water partition coefficient (Wildman–Crippen LogP) is 6.92. The van der Waals surface area contributed by atoms with Crippen LogP contribution in [0.4, 0.5) is 0 Å². The fraction of sp³-hybridized carbons (Fsp3) is 0.345. The second-order valence-corrected chi connectivity index (χ2v) is 10.9. The summed E-state index contributed by atoms with van der Waals surface area (Å²) < 4.78 is 12.1. The lowest BCUT2D eigenvalue weighted by Gasteiger charge is -2.45. The van der Waals surface area contributed by atoms with Gasteiger partial charge in [0.1, 0.15) is 23.1 Å². The van der Waals surface area contributed by atoms with Gasteiger partial charge >= 0.3 is 0 Å². The maximum absolute atomic E-state index is 13.1. The van der Waals surface area contributed by atoms with Crippen molar-refractivity contribution >= 4 is 17.4 Å². The van der Waals surface area contributed by atoms with Crippen LogP contribution >= 0.6 is 11.6 Å². The number of H-pyrrole nitrogens is 1. The molecule has 1 N–H and O–H groups in total. The number of Topliss-reactive ketones (excluding diaryl/α,β-unsaturated/α-hetero) is 1.